The second-order valence-electron chi connectivity index (χ2n) is 7.95. The molecule has 0 radical (unpaired) electrons. The zero-order chi connectivity index (χ0) is 22.0. The number of carbonyl (C=O) groups excluding carboxylic acids is 1. The number of aliphatic hydroxyl groups excluding tert-OH is 2. The SMILES string of the molecule is CCCCCCCCCCCCCCCCC(C(=O)NCC(O)CO)S(=O)(=O)[O-].[Na+]. The standard InChI is InChI=1S/C21H43NO6S.Na/c1-2-3-4-5-6-7-8-9-10-11-12-13-14-15-16-20(29(26,27)28)21(25)22-17-19(24)18-23;/h19-20,23-24H,2-18H2,1H3,(H,22,25)(H,26,27,28);/q;+1/p-1. The Bertz CT molecular complexity index is 504. The van der Waals surface area contributed by atoms with Gasteiger partial charge in [-0.25, -0.2) is 8.42 Å². The molecule has 0 aliphatic heterocycles. The molecule has 2 atom stereocenters. The van der Waals surface area contributed by atoms with Crippen molar-refractivity contribution in [3.8, 4) is 0 Å². The maximum Gasteiger partial charge on any atom is 1.00 e. The van der Waals surface area contributed by atoms with Crippen LogP contribution < -0.4 is 34.9 Å². The van der Waals surface area contributed by atoms with Crippen molar-refractivity contribution in [3.63, 3.8) is 0 Å². The Morgan fingerprint density at radius 3 is 1.63 bits per heavy atom. The molecule has 174 valence electrons. The van der Waals surface area contributed by atoms with Gasteiger partial charge < -0.3 is 20.1 Å². The third kappa shape index (κ3) is 19.0. The van der Waals surface area contributed by atoms with Crippen molar-refractivity contribution in [2.24, 2.45) is 0 Å². The van der Waals surface area contributed by atoms with E-state index in [1.807, 2.05) is 0 Å². The van der Waals surface area contributed by atoms with Gasteiger partial charge in [0.2, 0.25) is 5.91 Å². The molecule has 0 aliphatic carbocycles. The minimum atomic E-state index is -4.74. The van der Waals surface area contributed by atoms with E-state index in [9.17, 15) is 22.9 Å². The second-order valence-corrected chi connectivity index (χ2v) is 9.50. The fourth-order valence-electron chi connectivity index (χ4n) is 3.33. The van der Waals surface area contributed by atoms with Gasteiger partial charge in [-0.3, -0.25) is 4.79 Å². The summed E-state index contributed by atoms with van der Waals surface area (Å²) in [7, 11) is -4.74. The average Bonchev–Trinajstić information content (AvgIpc) is 2.67. The smallest absolute Gasteiger partial charge is 0.747 e. The summed E-state index contributed by atoms with van der Waals surface area (Å²) in [5, 5.41) is 18.5. The Balaban J connectivity index is 0. The van der Waals surface area contributed by atoms with E-state index in [4.69, 9.17) is 5.11 Å². The molecule has 0 spiro atoms. The molecular weight excluding hydrogens is 417 g/mol. The number of nitrogens with one attached hydrogen (secondary N) is 1. The van der Waals surface area contributed by atoms with Gasteiger partial charge in [-0.2, -0.15) is 0 Å². The van der Waals surface area contributed by atoms with Crippen molar-refractivity contribution in [2.75, 3.05) is 13.2 Å². The summed E-state index contributed by atoms with van der Waals surface area (Å²) < 4.78 is 34.0. The molecule has 1 amide bonds. The van der Waals surface area contributed by atoms with Crippen LogP contribution in [0.5, 0.6) is 0 Å². The molecule has 0 saturated heterocycles. The maximum absolute atomic E-state index is 11.9. The molecule has 0 aromatic heterocycles. The predicted molar refractivity (Wildman–Crippen MR) is 115 cm³/mol. The summed E-state index contributed by atoms with van der Waals surface area (Å²) in [6.45, 7) is 1.40. The quantitative estimate of drug-likeness (QED) is 0.136. The minimum absolute atomic E-state index is 0. The van der Waals surface area contributed by atoms with Crippen LogP contribution >= 0.6 is 0 Å². The summed E-state index contributed by atoms with van der Waals surface area (Å²) in [4.78, 5) is 11.9. The second kappa shape index (κ2) is 21.2. The van der Waals surface area contributed by atoms with Crippen LogP contribution in [0.1, 0.15) is 103 Å². The fraction of sp³-hybridized carbons (Fsp3) is 0.952. The van der Waals surface area contributed by atoms with Crippen molar-refractivity contribution in [1.82, 2.24) is 5.32 Å². The van der Waals surface area contributed by atoms with Gasteiger partial charge in [-0.1, -0.05) is 96.8 Å². The van der Waals surface area contributed by atoms with Gasteiger partial charge in [0.05, 0.1) is 12.7 Å². The van der Waals surface area contributed by atoms with E-state index in [2.05, 4.69) is 12.2 Å². The fourth-order valence-corrected chi connectivity index (χ4v) is 4.13. The number of carbonyl (C=O) groups is 1. The number of unbranched alkanes of at least 4 members (excludes halogenated alkanes) is 13. The van der Waals surface area contributed by atoms with Crippen molar-refractivity contribution in [2.45, 2.75) is 115 Å². The predicted octanol–water partition coefficient (Wildman–Crippen LogP) is 0.245. The molecule has 9 heteroatoms. The molecule has 3 N–H and O–H groups in total. The number of hydrogen-bond donors (Lipinski definition) is 3. The van der Waals surface area contributed by atoms with Gasteiger partial charge in [0.15, 0.2) is 0 Å². The van der Waals surface area contributed by atoms with Crippen LogP contribution in [0.4, 0.5) is 0 Å². The van der Waals surface area contributed by atoms with Gasteiger partial charge in [0.1, 0.15) is 15.4 Å². The molecule has 0 rings (SSSR count). The van der Waals surface area contributed by atoms with Crippen LogP contribution in [0.15, 0.2) is 0 Å². The number of amides is 1. The normalized spacial score (nSPS) is 13.5. The summed E-state index contributed by atoms with van der Waals surface area (Å²) in [5.74, 6) is -0.901. The Hall–Kier alpha value is 0.300. The van der Waals surface area contributed by atoms with E-state index in [1.165, 1.54) is 64.2 Å². The third-order valence-corrected chi connectivity index (χ3v) is 6.33. The molecule has 0 fully saturated rings. The van der Waals surface area contributed by atoms with Crippen LogP contribution in [0.25, 0.3) is 0 Å². The van der Waals surface area contributed by atoms with Crippen molar-refractivity contribution in [1.29, 1.82) is 0 Å². The number of aliphatic hydroxyl groups is 2. The number of hydrogen-bond acceptors (Lipinski definition) is 6. The Morgan fingerprint density at radius 1 is 0.867 bits per heavy atom. The van der Waals surface area contributed by atoms with E-state index in [0.717, 1.165) is 19.3 Å². The van der Waals surface area contributed by atoms with Gasteiger partial charge in [0, 0.05) is 6.54 Å². The monoisotopic (exact) mass is 459 g/mol. The van der Waals surface area contributed by atoms with Crippen LogP contribution in [0.2, 0.25) is 0 Å². The topological polar surface area (TPSA) is 127 Å². The molecule has 0 aromatic carbocycles. The van der Waals surface area contributed by atoms with E-state index in [1.54, 1.807) is 0 Å². The van der Waals surface area contributed by atoms with E-state index in [0.29, 0.717) is 6.42 Å². The van der Waals surface area contributed by atoms with Gasteiger partial charge in [-0.15, -0.1) is 0 Å². The van der Waals surface area contributed by atoms with Crippen LogP contribution in [0.3, 0.4) is 0 Å². The molecule has 0 saturated carbocycles. The maximum atomic E-state index is 11.9. The van der Waals surface area contributed by atoms with Crippen molar-refractivity contribution in [3.05, 3.63) is 0 Å². The average molecular weight is 460 g/mol. The molecule has 0 bridgehead atoms. The van der Waals surface area contributed by atoms with Crippen LogP contribution in [-0.2, 0) is 14.9 Å². The van der Waals surface area contributed by atoms with E-state index in [-0.39, 0.29) is 42.5 Å². The molecule has 0 heterocycles. The minimum Gasteiger partial charge on any atom is -0.747 e. The zero-order valence-electron chi connectivity index (χ0n) is 19.1. The first-order chi connectivity index (χ1) is 13.8. The molecule has 30 heavy (non-hydrogen) atoms. The summed E-state index contributed by atoms with van der Waals surface area (Å²) >= 11 is 0. The first-order valence-electron chi connectivity index (χ1n) is 11.3. The van der Waals surface area contributed by atoms with Gasteiger partial charge in [-0.05, 0) is 6.42 Å². The van der Waals surface area contributed by atoms with E-state index >= 15 is 0 Å². The Morgan fingerprint density at radius 2 is 1.27 bits per heavy atom. The summed E-state index contributed by atoms with van der Waals surface area (Å²) in [5.41, 5.74) is 0. The molecule has 7 nitrogen and oxygen atoms in total. The Labute approximate surface area is 205 Å². The third-order valence-electron chi connectivity index (χ3n) is 5.18. The first-order valence-corrected chi connectivity index (χ1v) is 12.8. The molecule has 2 unspecified atom stereocenters. The van der Waals surface area contributed by atoms with E-state index < -0.39 is 34.0 Å². The van der Waals surface area contributed by atoms with Crippen molar-refractivity contribution >= 4 is 16.0 Å². The summed E-state index contributed by atoms with van der Waals surface area (Å²) in [6, 6.07) is 0. The summed E-state index contributed by atoms with van der Waals surface area (Å²) in [6.07, 6.45) is 15.1. The van der Waals surface area contributed by atoms with Gasteiger partial charge >= 0.3 is 29.6 Å². The number of rotatable bonds is 20. The van der Waals surface area contributed by atoms with Crippen LogP contribution in [0, 0.1) is 0 Å². The Kier molecular flexibility index (Phi) is 22.9. The largest absolute Gasteiger partial charge is 1.00 e. The molecule has 0 aliphatic rings. The van der Waals surface area contributed by atoms with Crippen LogP contribution in [-0.4, -0.2) is 53.6 Å². The first kappa shape index (κ1) is 32.5. The van der Waals surface area contributed by atoms with Crippen molar-refractivity contribution < 1.29 is 57.5 Å². The molecular formula is C21H42NNaO6S. The molecule has 0 aromatic rings. The van der Waals surface area contributed by atoms with Gasteiger partial charge in [0.25, 0.3) is 0 Å². The zero-order valence-corrected chi connectivity index (χ0v) is 21.9.